The third-order valence-corrected chi connectivity index (χ3v) is 7.05. The highest BCUT2D eigenvalue weighted by Gasteiger charge is 2.29. The fourth-order valence-corrected chi connectivity index (χ4v) is 5.53. The van der Waals surface area contributed by atoms with Gasteiger partial charge in [0.2, 0.25) is 5.91 Å². The predicted octanol–water partition coefficient (Wildman–Crippen LogP) is 4.58. The van der Waals surface area contributed by atoms with Crippen molar-refractivity contribution in [1.29, 1.82) is 5.26 Å². The second-order valence-corrected chi connectivity index (χ2v) is 9.28. The monoisotopic (exact) mass is 450 g/mol. The third-order valence-electron chi connectivity index (χ3n) is 5.88. The molecule has 1 fully saturated rings. The van der Waals surface area contributed by atoms with Gasteiger partial charge >= 0.3 is 6.09 Å². The molecule has 2 aliphatic rings. The summed E-state index contributed by atoms with van der Waals surface area (Å²) in [4.78, 5) is 29.7. The van der Waals surface area contributed by atoms with E-state index in [-0.39, 0.29) is 24.1 Å². The molecule has 4 rings (SSSR count). The molecular weight excluding hydrogens is 424 g/mol. The van der Waals surface area contributed by atoms with Gasteiger partial charge in [0.05, 0.1) is 5.56 Å². The van der Waals surface area contributed by atoms with Crippen molar-refractivity contribution >= 4 is 34.4 Å². The number of nitriles is 1. The molecule has 2 heterocycles. The van der Waals surface area contributed by atoms with Gasteiger partial charge in [0.1, 0.15) is 17.2 Å². The zero-order valence-corrected chi connectivity index (χ0v) is 18.6. The molecule has 2 aromatic heterocycles. The van der Waals surface area contributed by atoms with Crippen LogP contribution in [0.25, 0.3) is 6.08 Å². The molecule has 0 aliphatic heterocycles. The minimum absolute atomic E-state index is 0.212. The van der Waals surface area contributed by atoms with E-state index < -0.39 is 0 Å². The predicted molar refractivity (Wildman–Crippen MR) is 123 cm³/mol. The summed E-state index contributed by atoms with van der Waals surface area (Å²) in [5.74, 6) is -0.302. The highest BCUT2D eigenvalue weighted by Crippen LogP contribution is 2.38. The Morgan fingerprint density at radius 2 is 2.09 bits per heavy atom. The maximum absolute atomic E-state index is 12.4. The molecule has 0 spiro atoms. The van der Waals surface area contributed by atoms with Crippen LogP contribution in [0.15, 0.2) is 30.6 Å². The van der Waals surface area contributed by atoms with E-state index in [4.69, 9.17) is 4.74 Å². The van der Waals surface area contributed by atoms with Gasteiger partial charge in [0.25, 0.3) is 0 Å². The second-order valence-electron chi connectivity index (χ2n) is 8.18. The van der Waals surface area contributed by atoms with E-state index in [2.05, 4.69) is 21.7 Å². The van der Waals surface area contributed by atoms with E-state index in [0.29, 0.717) is 29.8 Å². The summed E-state index contributed by atoms with van der Waals surface area (Å²) in [5, 5.41) is 16.0. The van der Waals surface area contributed by atoms with E-state index in [1.54, 1.807) is 24.5 Å². The number of amides is 2. The summed E-state index contributed by atoms with van der Waals surface area (Å²) in [6.45, 7) is 0. The molecule has 1 saturated carbocycles. The summed E-state index contributed by atoms with van der Waals surface area (Å²) in [6, 6.07) is 6.10. The van der Waals surface area contributed by atoms with Gasteiger partial charge in [0, 0.05) is 35.8 Å². The number of aromatic nitrogens is 1. The maximum atomic E-state index is 12.4. The standard InChI is InChI=1S/C24H26N4O3S/c25-14-20-19-10-9-18(31-24(30)27-17-6-2-1-3-7-17)13-21(19)32-23(20)28-22(29)11-8-16-5-4-12-26-15-16/h4-5,8,11-12,15,17-18H,1-3,6-7,9-10,13H2,(H,27,30)(H,28,29)/b11-8+. The minimum Gasteiger partial charge on any atom is -0.446 e. The Morgan fingerprint density at radius 1 is 1.25 bits per heavy atom. The zero-order valence-electron chi connectivity index (χ0n) is 17.8. The Morgan fingerprint density at radius 3 is 2.84 bits per heavy atom. The van der Waals surface area contributed by atoms with Gasteiger partial charge < -0.3 is 15.4 Å². The van der Waals surface area contributed by atoms with Gasteiger partial charge in [-0.1, -0.05) is 25.3 Å². The Hall–Kier alpha value is -3.18. The Labute approximate surface area is 191 Å². The molecule has 0 aromatic carbocycles. The summed E-state index contributed by atoms with van der Waals surface area (Å²) in [7, 11) is 0. The van der Waals surface area contributed by atoms with Gasteiger partial charge in [-0.05, 0) is 49.0 Å². The lowest BCUT2D eigenvalue weighted by molar-refractivity contribution is -0.111. The number of rotatable bonds is 5. The topological polar surface area (TPSA) is 104 Å². The number of nitrogens with one attached hydrogen (secondary N) is 2. The van der Waals surface area contributed by atoms with Crippen LogP contribution in [0.4, 0.5) is 9.80 Å². The van der Waals surface area contributed by atoms with Crippen molar-refractivity contribution in [3.8, 4) is 6.07 Å². The summed E-state index contributed by atoms with van der Waals surface area (Å²) in [6.07, 6.45) is 13.3. The van der Waals surface area contributed by atoms with Crippen LogP contribution in [0, 0.1) is 11.3 Å². The number of nitrogens with zero attached hydrogens (tertiary/aromatic N) is 2. The van der Waals surface area contributed by atoms with Crippen LogP contribution in [0.1, 0.15) is 60.1 Å². The van der Waals surface area contributed by atoms with Crippen molar-refractivity contribution in [2.24, 2.45) is 0 Å². The SMILES string of the molecule is N#Cc1c(NC(=O)/C=C/c2cccnc2)sc2c1CCC(OC(=O)NC1CCCCC1)C2. The van der Waals surface area contributed by atoms with Crippen molar-refractivity contribution in [2.45, 2.75) is 63.5 Å². The lowest BCUT2D eigenvalue weighted by Crippen LogP contribution is -2.39. The first-order valence-corrected chi connectivity index (χ1v) is 11.8. The van der Waals surface area contributed by atoms with E-state index in [9.17, 15) is 14.9 Å². The number of hydrogen-bond acceptors (Lipinski definition) is 6. The minimum atomic E-state index is -0.350. The molecule has 1 atom stereocenters. The van der Waals surface area contributed by atoms with Crippen molar-refractivity contribution in [3.63, 3.8) is 0 Å². The van der Waals surface area contributed by atoms with Crippen molar-refractivity contribution in [2.75, 3.05) is 5.32 Å². The van der Waals surface area contributed by atoms with E-state index in [1.807, 2.05) is 6.07 Å². The summed E-state index contributed by atoms with van der Waals surface area (Å²) >= 11 is 1.39. The first-order valence-electron chi connectivity index (χ1n) is 11.0. The molecule has 0 bridgehead atoms. The molecule has 166 valence electrons. The fourth-order valence-electron chi connectivity index (χ4n) is 4.26. The molecule has 7 nitrogen and oxygen atoms in total. The highest BCUT2D eigenvalue weighted by atomic mass is 32.1. The second kappa shape index (κ2) is 10.4. The number of anilines is 1. The van der Waals surface area contributed by atoms with Gasteiger partial charge in [-0.25, -0.2) is 4.79 Å². The van der Waals surface area contributed by atoms with Gasteiger partial charge in [-0.2, -0.15) is 5.26 Å². The molecule has 2 aromatic rings. The average molecular weight is 451 g/mol. The van der Waals surface area contributed by atoms with Gasteiger partial charge in [-0.3, -0.25) is 9.78 Å². The van der Waals surface area contributed by atoms with E-state index >= 15 is 0 Å². The number of carbonyl (C=O) groups excluding carboxylic acids is 2. The Kier molecular flexibility index (Phi) is 7.17. The number of fused-ring (bicyclic) bond motifs is 1. The maximum Gasteiger partial charge on any atom is 0.407 e. The quantitative estimate of drug-likeness (QED) is 0.649. The van der Waals surface area contributed by atoms with Crippen LogP contribution in [0.3, 0.4) is 0 Å². The van der Waals surface area contributed by atoms with Crippen LogP contribution >= 0.6 is 11.3 Å². The zero-order chi connectivity index (χ0) is 22.3. The highest BCUT2D eigenvalue weighted by molar-refractivity contribution is 7.16. The van der Waals surface area contributed by atoms with Crippen molar-refractivity contribution in [1.82, 2.24) is 10.3 Å². The Balaban J connectivity index is 1.37. The lowest BCUT2D eigenvalue weighted by Gasteiger charge is -2.26. The molecule has 0 saturated heterocycles. The van der Waals surface area contributed by atoms with Crippen LogP contribution in [-0.4, -0.2) is 29.1 Å². The van der Waals surface area contributed by atoms with Crippen molar-refractivity contribution in [3.05, 3.63) is 52.2 Å². The largest absolute Gasteiger partial charge is 0.446 e. The molecule has 2 aliphatic carbocycles. The first kappa shape index (κ1) is 22.0. The Bertz CT molecular complexity index is 1040. The van der Waals surface area contributed by atoms with Crippen LogP contribution in [-0.2, 0) is 22.4 Å². The smallest absolute Gasteiger partial charge is 0.407 e. The number of pyridine rings is 1. The molecule has 0 radical (unpaired) electrons. The third kappa shape index (κ3) is 5.54. The summed E-state index contributed by atoms with van der Waals surface area (Å²) in [5.41, 5.74) is 2.29. The molecular formula is C24H26N4O3S. The lowest BCUT2D eigenvalue weighted by atomic mass is 9.93. The summed E-state index contributed by atoms with van der Waals surface area (Å²) < 4.78 is 5.67. The number of alkyl carbamates (subject to hydrolysis) is 1. The molecule has 2 N–H and O–H groups in total. The fraction of sp³-hybridized carbons (Fsp3) is 0.417. The van der Waals surface area contributed by atoms with Crippen LogP contribution < -0.4 is 10.6 Å². The molecule has 32 heavy (non-hydrogen) atoms. The van der Waals surface area contributed by atoms with Gasteiger partial charge in [-0.15, -0.1) is 11.3 Å². The van der Waals surface area contributed by atoms with E-state index in [1.165, 1.54) is 23.8 Å². The first-order chi connectivity index (χ1) is 15.6. The number of carbonyl (C=O) groups is 2. The molecule has 2 amide bonds. The molecule has 8 heteroatoms. The number of ether oxygens (including phenoxy) is 1. The molecule has 1 unspecified atom stereocenters. The normalized spacial score (nSPS) is 18.5. The number of hydrogen-bond donors (Lipinski definition) is 2. The number of thiophene rings is 1. The van der Waals surface area contributed by atoms with Crippen molar-refractivity contribution < 1.29 is 14.3 Å². The average Bonchev–Trinajstić information content (AvgIpc) is 3.15. The van der Waals surface area contributed by atoms with E-state index in [0.717, 1.165) is 41.7 Å². The van der Waals surface area contributed by atoms with Crippen LogP contribution in [0.5, 0.6) is 0 Å². The van der Waals surface area contributed by atoms with Gasteiger partial charge in [0.15, 0.2) is 0 Å². The van der Waals surface area contributed by atoms with Crippen LogP contribution in [0.2, 0.25) is 0 Å².